The molecule has 1 fully saturated rings. The zero-order valence-electron chi connectivity index (χ0n) is 10.4. The highest BCUT2D eigenvalue weighted by atomic mass is 35.5. The van der Waals surface area contributed by atoms with E-state index < -0.39 is 4.92 Å². The first-order chi connectivity index (χ1) is 8.99. The summed E-state index contributed by atoms with van der Waals surface area (Å²) in [6.45, 7) is 3.38. The van der Waals surface area contributed by atoms with Crippen molar-refractivity contribution in [1.82, 2.24) is 0 Å². The van der Waals surface area contributed by atoms with Gasteiger partial charge in [-0.05, 0) is 19.4 Å². The molecule has 0 bridgehead atoms. The van der Waals surface area contributed by atoms with E-state index in [1.54, 1.807) is 0 Å². The van der Waals surface area contributed by atoms with E-state index in [1.807, 2.05) is 6.92 Å². The fourth-order valence-corrected chi connectivity index (χ4v) is 2.43. The largest absolute Gasteiger partial charge is 0.381 e. The van der Waals surface area contributed by atoms with Crippen LogP contribution in [0.5, 0.6) is 0 Å². The maximum Gasteiger partial charge on any atom is 0.293 e. The van der Waals surface area contributed by atoms with Gasteiger partial charge in [-0.25, -0.2) is 0 Å². The van der Waals surface area contributed by atoms with Gasteiger partial charge in [-0.3, -0.25) is 10.1 Å². The van der Waals surface area contributed by atoms with Crippen molar-refractivity contribution < 1.29 is 9.66 Å². The second kappa shape index (κ2) is 5.94. The van der Waals surface area contributed by atoms with Crippen LogP contribution >= 0.6 is 23.2 Å². The van der Waals surface area contributed by atoms with Gasteiger partial charge in [-0.1, -0.05) is 23.2 Å². The van der Waals surface area contributed by atoms with Gasteiger partial charge in [-0.15, -0.1) is 0 Å². The molecule has 0 aromatic heterocycles. The molecule has 0 aliphatic carbocycles. The lowest BCUT2D eigenvalue weighted by atomic mass is 10.0. The second-order valence-corrected chi connectivity index (χ2v) is 5.41. The minimum absolute atomic E-state index is 0.0680. The average molecular weight is 305 g/mol. The van der Waals surface area contributed by atoms with E-state index >= 15 is 0 Å². The van der Waals surface area contributed by atoms with E-state index in [2.05, 4.69) is 5.32 Å². The summed E-state index contributed by atoms with van der Waals surface area (Å²) in [5.41, 5.74) is 0.318. The van der Waals surface area contributed by atoms with E-state index in [9.17, 15) is 10.1 Å². The Bertz CT molecular complexity index is 490. The highest BCUT2D eigenvalue weighted by molar-refractivity contribution is 6.42. The van der Waals surface area contributed by atoms with Crippen LogP contribution in [-0.2, 0) is 4.74 Å². The van der Waals surface area contributed by atoms with Crippen LogP contribution in [0.2, 0.25) is 10.0 Å². The number of benzene rings is 1. The number of nitro groups is 1. The zero-order valence-corrected chi connectivity index (χ0v) is 11.9. The van der Waals surface area contributed by atoms with Crippen molar-refractivity contribution in [3.8, 4) is 0 Å². The van der Waals surface area contributed by atoms with Gasteiger partial charge in [0.05, 0.1) is 21.6 Å². The Morgan fingerprint density at radius 1 is 1.47 bits per heavy atom. The monoisotopic (exact) mass is 304 g/mol. The van der Waals surface area contributed by atoms with Crippen LogP contribution in [0.15, 0.2) is 12.1 Å². The molecule has 0 radical (unpaired) electrons. The summed E-state index contributed by atoms with van der Waals surface area (Å²) in [5.74, 6) is 0.342. The normalized spacial score (nSPS) is 20.3. The van der Waals surface area contributed by atoms with Crippen LogP contribution < -0.4 is 5.32 Å². The molecule has 104 valence electrons. The van der Waals surface area contributed by atoms with E-state index in [0.717, 1.165) is 13.0 Å². The molecule has 1 aromatic rings. The van der Waals surface area contributed by atoms with Crippen LogP contribution in [-0.4, -0.2) is 24.2 Å². The Morgan fingerprint density at radius 3 is 2.74 bits per heavy atom. The Labute approximate surface area is 121 Å². The Hall–Kier alpha value is -1.04. The first-order valence-corrected chi connectivity index (χ1v) is 6.72. The lowest BCUT2D eigenvalue weighted by molar-refractivity contribution is -0.384. The molecular weight excluding hydrogens is 291 g/mol. The summed E-state index contributed by atoms with van der Waals surface area (Å²) in [6, 6.07) is 2.83. The van der Waals surface area contributed by atoms with Gasteiger partial charge in [0.15, 0.2) is 0 Å². The maximum absolute atomic E-state index is 11.0. The predicted octanol–water partition coefficient (Wildman–Crippen LogP) is 3.74. The third-order valence-corrected chi connectivity index (χ3v) is 4.01. The number of hydrogen-bond acceptors (Lipinski definition) is 4. The SMILES string of the molecule is CC(Nc1cc(Cl)c(Cl)cc1[N+](=O)[O-])C1CCOC1. The van der Waals surface area contributed by atoms with Gasteiger partial charge >= 0.3 is 0 Å². The minimum Gasteiger partial charge on any atom is -0.381 e. The van der Waals surface area contributed by atoms with Gasteiger partial charge in [0, 0.05) is 24.6 Å². The third-order valence-electron chi connectivity index (χ3n) is 3.29. The van der Waals surface area contributed by atoms with E-state index in [0.29, 0.717) is 23.2 Å². The summed E-state index contributed by atoms with van der Waals surface area (Å²) < 4.78 is 5.32. The first-order valence-electron chi connectivity index (χ1n) is 5.96. The van der Waals surface area contributed by atoms with Crippen molar-refractivity contribution in [1.29, 1.82) is 0 Å². The van der Waals surface area contributed by atoms with Crippen molar-refractivity contribution in [2.45, 2.75) is 19.4 Å². The number of nitrogens with zero attached hydrogens (tertiary/aromatic N) is 1. The third kappa shape index (κ3) is 3.29. The number of rotatable bonds is 4. The molecule has 0 saturated carbocycles. The molecule has 5 nitrogen and oxygen atoms in total. The molecule has 0 spiro atoms. The Morgan fingerprint density at radius 2 is 2.16 bits per heavy atom. The summed E-state index contributed by atoms with van der Waals surface area (Å²) in [4.78, 5) is 10.6. The van der Waals surface area contributed by atoms with Gasteiger partial charge < -0.3 is 10.1 Å². The predicted molar refractivity (Wildman–Crippen MR) is 75.1 cm³/mol. The molecule has 1 N–H and O–H groups in total. The molecule has 1 heterocycles. The molecule has 2 rings (SSSR count). The molecular formula is C12H14Cl2N2O3. The summed E-state index contributed by atoms with van der Waals surface area (Å²) in [5, 5.41) is 14.6. The molecule has 0 amide bonds. The maximum atomic E-state index is 11.0. The van der Waals surface area contributed by atoms with Crippen LogP contribution in [0.4, 0.5) is 11.4 Å². The molecule has 1 saturated heterocycles. The molecule has 1 aromatic carbocycles. The van der Waals surface area contributed by atoms with E-state index in [1.165, 1.54) is 12.1 Å². The topological polar surface area (TPSA) is 64.4 Å². The number of halogens is 2. The molecule has 2 atom stereocenters. The second-order valence-electron chi connectivity index (χ2n) is 4.60. The van der Waals surface area contributed by atoms with Gasteiger partial charge in [0.25, 0.3) is 5.69 Å². The number of nitrogens with one attached hydrogen (secondary N) is 1. The van der Waals surface area contributed by atoms with Crippen LogP contribution in [0.1, 0.15) is 13.3 Å². The number of ether oxygens (including phenoxy) is 1. The van der Waals surface area contributed by atoms with Crippen LogP contribution in [0.25, 0.3) is 0 Å². The molecule has 1 aliphatic heterocycles. The van der Waals surface area contributed by atoms with Crippen LogP contribution in [0.3, 0.4) is 0 Å². The van der Waals surface area contributed by atoms with E-state index in [4.69, 9.17) is 27.9 Å². The highest BCUT2D eigenvalue weighted by Gasteiger charge is 2.25. The first kappa shape index (κ1) is 14.4. The standard InChI is InChI=1S/C12H14Cl2N2O3/c1-7(8-2-3-19-6-8)15-11-4-9(13)10(14)5-12(11)16(17)18/h4-5,7-8,15H,2-3,6H2,1H3. The van der Waals surface area contributed by atoms with Gasteiger partial charge in [0.2, 0.25) is 0 Å². The van der Waals surface area contributed by atoms with Crippen LogP contribution in [0, 0.1) is 16.0 Å². The van der Waals surface area contributed by atoms with Crippen molar-refractivity contribution in [3.63, 3.8) is 0 Å². The number of nitro benzene ring substituents is 1. The summed E-state index contributed by atoms with van der Waals surface area (Å²) in [7, 11) is 0. The quantitative estimate of drug-likeness (QED) is 0.680. The summed E-state index contributed by atoms with van der Waals surface area (Å²) in [6.07, 6.45) is 0.948. The molecule has 2 unspecified atom stereocenters. The van der Waals surface area contributed by atoms with Crippen molar-refractivity contribution >= 4 is 34.6 Å². The zero-order chi connectivity index (χ0) is 14.0. The van der Waals surface area contributed by atoms with Gasteiger partial charge in [0.1, 0.15) is 5.69 Å². The number of hydrogen-bond donors (Lipinski definition) is 1. The smallest absolute Gasteiger partial charge is 0.293 e. The average Bonchev–Trinajstić information content (AvgIpc) is 2.86. The molecule has 19 heavy (non-hydrogen) atoms. The molecule has 7 heteroatoms. The van der Waals surface area contributed by atoms with Crippen molar-refractivity contribution in [2.75, 3.05) is 18.5 Å². The Kier molecular flexibility index (Phi) is 4.50. The minimum atomic E-state index is -0.470. The summed E-state index contributed by atoms with van der Waals surface area (Å²) >= 11 is 11.7. The Balaban J connectivity index is 2.22. The lowest BCUT2D eigenvalue weighted by Crippen LogP contribution is -2.26. The fourth-order valence-electron chi connectivity index (χ4n) is 2.11. The highest BCUT2D eigenvalue weighted by Crippen LogP contribution is 2.35. The molecule has 1 aliphatic rings. The van der Waals surface area contributed by atoms with E-state index in [-0.39, 0.29) is 16.8 Å². The van der Waals surface area contributed by atoms with Crippen molar-refractivity contribution in [2.24, 2.45) is 5.92 Å². The number of anilines is 1. The lowest BCUT2D eigenvalue weighted by Gasteiger charge is -2.20. The fraction of sp³-hybridized carbons (Fsp3) is 0.500. The van der Waals surface area contributed by atoms with Gasteiger partial charge in [-0.2, -0.15) is 0 Å². The van der Waals surface area contributed by atoms with Crippen molar-refractivity contribution in [3.05, 3.63) is 32.3 Å².